The fourth-order valence-electron chi connectivity index (χ4n) is 1.36. The topological polar surface area (TPSA) is 20.2 Å². The molecule has 0 bridgehead atoms. The van der Waals surface area contributed by atoms with Gasteiger partial charge in [-0.3, -0.25) is 0 Å². The molecule has 0 aliphatic carbocycles. The minimum Gasteiger partial charge on any atom is -0.506 e. The van der Waals surface area contributed by atoms with E-state index in [1.807, 2.05) is 24.4 Å². The van der Waals surface area contributed by atoms with Crippen LogP contribution in [0.1, 0.15) is 11.1 Å². The standard InChI is InChI=1S/C10H9ClOS/c1-6-5-13-10-8(6)3-2-7(4-11)9(10)12/h2-3,5,12H,4H2,1H3. The molecule has 2 aromatic rings. The van der Waals surface area contributed by atoms with E-state index in [0.29, 0.717) is 11.6 Å². The molecule has 0 aliphatic heterocycles. The van der Waals surface area contributed by atoms with E-state index in [2.05, 4.69) is 0 Å². The van der Waals surface area contributed by atoms with E-state index in [0.717, 1.165) is 15.6 Å². The predicted octanol–water partition coefficient (Wildman–Crippen LogP) is 3.65. The molecular weight excluding hydrogens is 204 g/mol. The lowest BCUT2D eigenvalue weighted by Gasteiger charge is -2.01. The molecule has 13 heavy (non-hydrogen) atoms. The van der Waals surface area contributed by atoms with Crippen molar-refractivity contribution in [3.8, 4) is 5.75 Å². The highest BCUT2D eigenvalue weighted by atomic mass is 35.5. The lowest BCUT2D eigenvalue weighted by molar-refractivity contribution is 0.478. The van der Waals surface area contributed by atoms with Crippen molar-refractivity contribution in [2.24, 2.45) is 0 Å². The van der Waals surface area contributed by atoms with Gasteiger partial charge in [0, 0.05) is 5.56 Å². The van der Waals surface area contributed by atoms with Crippen LogP contribution in [0.2, 0.25) is 0 Å². The summed E-state index contributed by atoms with van der Waals surface area (Å²) in [4.78, 5) is 0. The molecule has 1 nitrogen and oxygen atoms in total. The Bertz CT molecular complexity index is 447. The Morgan fingerprint density at radius 3 is 2.92 bits per heavy atom. The van der Waals surface area contributed by atoms with Gasteiger partial charge in [-0.1, -0.05) is 12.1 Å². The zero-order chi connectivity index (χ0) is 9.42. The van der Waals surface area contributed by atoms with Crippen molar-refractivity contribution in [3.63, 3.8) is 0 Å². The third-order valence-corrected chi connectivity index (χ3v) is 3.55. The number of phenolic OH excluding ortho intramolecular Hbond substituents is 1. The van der Waals surface area contributed by atoms with Gasteiger partial charge in [-0.25, -0.2) is 0 Å². The number of phenols is 1. The molecule has 1 heterocycles. The van der Waals surface area contributed by atoms with E-state index >= 15 is 0 Å². The molecular formula is C10H9ClOS. The van der Waals surface area contributed by atoms with Gasteiger partial charge in [-0.2, -0.15) is 0 Å². The van der Waals surface area contributed by atoms with Gasteiger partial charge in [0.05, 0.1) is 10.6 Å². The number of aryl methyl sites for hydroxylation is 1. The van der Waals surface area contributed by atoms with Gasteiger partial charge < -0.3 is 5.11 Å². The quantitative estimate of drug-likeness (QED) is 0.716. The van der Waals surface area contributed by atoms with E-state index in [4.69, 9.17) is 11.6 Å². The minimum absolute atomic E-state index is 0.339. The zero-order valence-electron chi connectivity index (χ0n) is 7.17. The van der Waals surface area contributed by atoms with Gasteiger partial charge in [-0.05, 0) is 23.3 Å². The summed E-state index contributed by atoms with van der Waals surface area (Å²) in [5.74, 6) is 0.698. The lowest BCUT2D eigenvalue weighted by atomic mass is 10.1. The maximum atomic E-state index is 9.79. The molecule has 0 amide bonds. The van der Waals surface area contributed by atoms with E-state index in [-0.39, 0.29) is 0 Å². The molecule has 2 rings (SSSR count). The van der Waals surface area contributed by atoms with E-state index in [1.54, 1.807) is 11.3 Å². The first-order valence-corrected chi connectivity index (χ1v) is 5.40. The number of fused-ring (bicyclic) bond motifs is 1. The fourth-order valence-corrected chi connectivity index (χ4v) is 2.60. The van der Waals surface area contributed by atoms with Crippen LogP contribution in [0.4, 0.5) is 0 Å². The first kappa shape index (κ1) is 8.85. The van der Waals surface area contributed by atoms with Crippen LogP contribution in [0, 0.1) is 6.92 Å². The summed E-state index contributed by atoms with van der Waals surface area (Å²) in [7, 11) is 0. The molecule has 1 aromatic heterocycles. The van der Waals surface area contributed by atoms with Crippen LogP contribution in [0.25, 0.3) is 10.1 Å². The molecule has 0 saturated carbocycles. The highest BCUT2D eigenvalue weighted by Gasteiger charge is 2.08. The Balaban J connectivity index is 2.80. The van der Waals surface area contributed by atoms with Gasteiger partial charge in [0.25, 0.3) is 0 Å². The van der Waals surface area contributed by atoms with Crippen LogP contribution < -0.4 is 0 Å². The van der Waals surface area contributed by atoms with E-state index in [1.165, 1.54) is 5.56 Å². The number of benzene rings is 1. The third kappa shape index (κ3) is 1.30. The van der Waals surface area contributed by atoms with Crippen LogP contribution in [0.15, 0.2) is 17.5 Å². The highest BCUT2D eigenvalue weighted by Crippen LogP contribution is 2.35. The van der Waals surface area contributed by atoms with Gasteiger partial charge in [0.15, 0.2) is 0 Å². The molecule has 1 aromatic carbocycles. The number of hydrogen-bond acceptors (Lipinski definition) is 2. The van der Waals surface area contributed by atoms with Crippen molar-refractivity contribution < 1.29 is 5.11 Å². The third-order valence-electron chi connectivity index (χ3n) is 2.14. The maximum Gasteiger partial charge on any atom is 0.137 e. The molecule has 1 N–H and O–H groups in total. The second kappa shape index (κ2) is 3.20. The minimum atomic E-state index is 0.339. The maximum absolute atomic E-state index is 9.79. The van der Waals surface area contributed by atoms with Crippen molar-refractivity contribution >= 4 is 33.0 Å². The molecule has 0 unspecified atom stereocenters. The van der Waals surface area contributed by atoms with Gasteiger partial charge >= 0.3 is 0 Å². The molecule has 0 aliphatic rings. The Morgan fingerprint density at radius 2 is 2.23 bits per heavy atom. The number of aromatic hydroxyl groups is 1. The first-order valence-electron chi connectivity index (χ1n) is 3.98. The van der Waals surface area contributed by atoms with Gasteiger partial charge in [0.2, 0.25) is 0 Å². The SMILES string of the molecule is Cc1csc2c(O)c(CCl)ccc12. The summed E-state index contributed by atoms with van der Waals surface area (Å²) >= 11 is 7.25. The second-order valence-electron chi connectivity index (χ2n) is 3.00. The fraction of sp³-hybridized carbons (Fsp3) is 0.200. The Hall–Kier alpha value is -0.730. The Kier molecular flexibility index (Phi) is 2.18. The predicted molar refractivity (Wildman–Crippen MR) is 57.8 cm³/mol. The summed E-state index contributed by atoms with van der Waals surface area (Å²) in [5, 5.41) is 13.0. The monoisotopic (exact) mass is 212 g/mol. The van der Waals surface area contributed by atoms with E-state index < -0.39 is 0 Å². The van der Waals surface area contributed by atoms with Crippen LogP contribution >= 0.6 is 22.9 Å². The van der Waals surface area contributed by atoms with Crippen molar-refractivity contribution in [1.82, 2.24) is 0 Å². The van der Waals surface area contributed by atoms with Crippen LogP contribution in [-0.2, 0) is 5.88 Å². The van der Waals surface area contributed by atoms with Crippen molar-refractivity contribution in [1.29, 1.82) is 0 Å². The average molecular weight is 213 g/mol. The number of halogens is 1. The highest BCUT2D eigenvalue weighted by molar-refractivity contribution is 7.17. The number of hydrogen-bond donors (Lipinski definition) is 1. The van der Waals surface area contributed by atoms with E-state index in [9.17, 15) is 5.11 Å². The largest absolute Gasteiger partial charge is 0.506 e. The smallest absolute Gasteiger partial charge is 0.137 e. The van der Waals surface area contributed by atoms with Crippen LogP contribution in [-0.4, -0.2) is 5.11 Å². The van der Waals surface area contributed by atoms with Crippen molar-refractivity contribution in [3.05, 3.63) is 28.6 Å². The molecule has 0 spiro atoms. The second-order valence-corrected chi connectivity index (χ2v) is 4.15. The summed E-state index contributed by atoms with van der Waals surface area (Å²) in [6.45, 7) is 2.04. The molecule has 0 saturated heterocycles. The van der Waals surface area contributed by atoms with Gasteiger partial charge in [-0.15, -0.1) is 22.9 Å². The normalized spacial score (nSPS) is 10.9. The van der Waals surface area contributed by atoms with Crippen molar-refractivity contribution in [2.75, 3.05) is 0 Å². The van der Waals surface area contributed by atoms with Crippen LogP contribution in [0.5, 0.6) is 5.75 Å². The summed E-state index contributed by atoms with van der Waals surface area (Å²) in [6, 6.07) is 3.89. The molecule has 0 radical (unpaired) electrons. The number of rotatable bonds is 1. The summed E-state index contributed by atoms with van der Waals surface area (Å²) in [5.41, 5.74) is 2.01. The Morgan fingerprint density at radius 1 is 1.46 bits per heavy atom. The van der Waals surface area contributed by atoms with Crippen LogP contribution in [0.3, 0.4) is 0 Å². The number of alkyl halides is 1. The zero-order valence-corrected chi connectivity index (χ0v) is 8.75. The molecule has 68 valence electrons. The summed E-state index contributed by atoms with van der Waals surface area (Å²) < 4.78 is 0.940. The number of thiophene rings is 1. The molecule has 0 fully saturated rings. The molecule has 0 atom stereocenters. The molecule has 3 heteroatoms. The van der Waals surface area contributed by atoms with Crippen molar-refractivity contribution in [2.45, 2.75) is 12.8 Å². The summed E-state index contributed by atoms with van der Waals surface area (Å²) in [6.07, 6.45) is 0. The lowest BCUT2D eigenvalue weighted by Crippen LogP contribution is -1.79. The van der Waals surface area contributed by atoms with Gasteiger partial charge in [0.1, 0.15) is 5.75 Å². The first-order chi connectivity index (χ1) is 6.24. The Labute approximate surface area is 85.6 Å². The average Bonchev–Trinajstić information content (AvgIpc) is 2.50.